The predicted octanol–water partition coefficient (Wildman–Crippen LogP) is 8.88. The molecule has 1 atom stereocenters. The van der Waals surface area contributed by atoms with Crippen LogP contribution in [0.3, 0.4) is 0 Å². The Morgan fingerprint density at radius 2 is 1.49 bits per heavy atom. The number of carbonyl (C=O) groups excluding carboxylic acids is 1. The predicted molar refractivity (Wildman–Crippen MR) is 136 cm³/mol. The standard InChI is InChI=1S/C31H32F4O2/c1-3-7-25-26(32)17-24(18-27(25)33)37-31(36)30-28(34)15-23(16-29(30)35)22-12-10-20(11-13-22)14-19(2)21-8-5-4-6-9-21/h4-6,8-9,15-20,22H,3,7,10-14H2,1-2H3. The molecule has 196 valence electrons. The Kier molecular flexibility index (Phi) is 8.67. The fourth-order valence-corrected chi connectivity index (χ4v) is 5.46. The average Bonchev–Trinajstić information content (AvgIpc) is 2.86. The zero-order valence-electron chi connectivity index (χ0n) is 21.2. The van der Waals surface area contributed by atoms with Crippen LogP contribution in [-0.4, -0.2) is 5.97 Å². The van der Waals surface area contributed by atoms with Crippen LogP contribution in [0.15, 0.2) is 54.6 Å². The van der Waals surface area contributed by atoms with Crippen molar-refractivity contribution in [3.05, 3.63) is 100 Å². The quantitative estimate of drug-likeness (QED) is 0.171. The summed E-state index contributed by atoms with van der Waals surface area (Å²) in [4.78, 5) is 12.5. The Labute approximate surface area is 215 Å². The molecule has 1 saturated carbocycles. The Morgan fingerprint density at radius 3 is 2.05 bits per heavy atom. The van der Waals surface area contributed by atoms with Crippen LogP contribution in [0.1, 0.15) is 91.3 Å². The first kappa shape index (κ1) is 26.9. The molecule has 0 heterocycles. The highest BCUT2D eigenvalue weighted by Crippen LogP contribution is 2.40. The largest absolute Gasteiger partial charge is 0.423 e. The highest BCUT2D eigenvalue weighted by atomic mass is 19.1. The van der Waals surface area contributed by atoms with Crippen molar-refractivity contribution in [3.8, 4) is 5.75 Å². The molecule has 37 heavy (non-hydrogen) atoms. The molecule has 0 bridgehead atoms. The van der Waals surface area contributed by atoms with Gasteiger partial charge in [-0.2, -0.15) is 0 Å². The third-order valence-electron chi connectivity index (χ3n) is 7.47. The summed E-state index contributed by atoms with van der Waals surface area (Å²) in [7, 11) is 0. The zero-order valence-corrected chi connectivity index (χ0v) is 21.2. The van der Waals surface area contributed by atoms with E-state index in [-0.39, 0.29) is 17.9 Å². The Morgan fingerprint density at radius 1 is 0.892 bits per heavy atom. The van der Waals surface area contributed by atoms with E-state index < -0.39 is 40.6 Å². The summed E-state index contributed by atoms with van der Waals surface area (Å²) < 4.78 is 63.1. The van der Waals surface area contributed by atoms with Gasteiger partial charge in [0.1, 0.15) is 34.6 Å². The molecule has 2 nitrogen and oxygen atoms in total. The van der Waals surface area contributed by atoms with Crippen LogP contribution < -0.4 is 4.74 Å². The van der Waals surface area contributed by atoms with Gasteiger partial charge in [-0.25, -0.2) is 22.4 Å². The number of halogens is 4. The van der Waals surface area contributed by atoms with Gasteiger partial charge in [0.05, 0.1) is 0 Å². The van der Waals surface area contributed by atoms with E-state index in [9.17, 15) is 22.4 Å². The van der Waals surface area contributed by atoms with Crippen LogP contribution in [0, 0.1) is 29.2 Å². The van der Waals surface area contributed by atoms with Crippen molar-refractivity contribution in [1.29, 1.82) is 0 Å². The van der Waals surface area contributed by atoms with E-state index in [0.29, 0.717) is 23.8 Å². The maximum atomic E-state index is 14.9. The first-order valence-electron chi connectivity index (χ1n) is 13.0. The first-order valence-corrected chi connectivity index (χ1v) is 13.0. The molecule has 0 radical (unpaired) electrons. The molecule has 0 saturated heterocycles. The summed E-state index contributed by atoms with van der Waals surface area (Å²) in [6, 6.07) is 14.5. The fourth-order valence-electron chi connectivity index (χ4n) is 5.46. The lowest BCUT2D eigenvalue weighted by Crippen LogP contribution is -2.17. The minimum atomic E-state index is -1.33. The number of carbonyl (C=O) groups is 1. The van der Waals surface area contributed by atoms with Crippen LogP contribution in [0.25, 0.3) is 0 Å². The van der Waals surface area contributed by atoms with E-state index in [1.54, 1.807) is 6.92 Å². The minimum absolute atomic E-state index is 0.00616. The number of ether oxygens (including phenoxy) is 1. The summed E-state index contributed by atoms with van der Waals surface area (Å²) in [6.45, 7) is 4.01. The molecule has 1 aliphatic rings. The molecule has 1 unspecified atom stereocenters. The maximum absolute atomic E-state index is 14.9. The van der Waals surface area contributed by atoms with Crippen LogP contribution >= 0.6 is 0 Å². The smallest absolute Gasteiger partial charge is 0.349 e. The molecular weight excluding hydrogens is 480 g/mol. The van der Waals surface area contributed by atoms with Gasteiger partial charge in [0.25, 0.3) is 0 Å². The van der Waals surface area contributed by atoms with Crippen LogP contribution in [0.4, 0.5) is 17.6 Å². The number of benzene rings is 3. The van der Waals surface area contributed by atoms with E-state index in [4.69, 9.17) is 4.74 Å². The normalized spacial score (nSPS) is 18.4. The number of hydrogen-bond acceptors (Lipinski definition) is 2. The molecule has 1 fully saturated rings. The molecule has 0 N–H and O–H groups in total. The molecule has 3 aromatic rings. The van der Waals surface area contributed by atoms with Crippen molar-refractivity contribution in [2.75, 3.05) is 0 Å². The molecule has 1 aliphatic carbocycles. The minimum Gasteiger partial charge on any atom is -0.423 e. The van der Waals surface area contributed by atoms with Crippen molar-refractivity contribution < 1.29 is 27.1 Å². The van der Waals surface area contributed by atoms with E-state index in [1.165, 1.54) is 17.7 Å². The monoisotopic (exact) mass is 512 g/mol. The van der Waals surface area contributed by atoms with Crippen molar-refractivity contribution in [1.82, 2.24) is 0 Å². The SMILES string of the molecule is CCCc1c(F)cc(OC(=O)c2c(F)cc(C3CCC(CC(C)c4ccccc4)CC3)cc2F)cc1F. The van der Waals surface area contributed by atoms with Crippen molar-refractivity contribution in [3.63, 3.8) is 0 Å². The van der Waals surface area contributed by atoms with Gasteiger partial charge in [0.15, 0.2) is 0 Å². The van der Waals surface area contributed by atoms with Gasteiger partial charge < -0.3 is 4.74 Å². The van der Waals surface area contributed by atoms with Gasteiger partial charge in [0, 0.05) is 17.7 Å². The van der Waals surface area contributed by atoms with Gasteiger partial charge in [0.2, 0.25) is 0 Å². The van der Waals surface area contributed by atoms with Gasteiger partial charge in [-0.1, -0.05) is 50.6 Å². The molecular formula is C31H32F4O2. The maximum Gasteiger partial charge on any atom is 0.349 e. The molecule has 0 spiro atoms. The lowest BCUT2D eigenvalue weighted by molar-refractivity contribution is 0.0723. The van der Waals surface area contributed by atoms with E-state index >= 15 is 0 Å². The third kappa shape index (κ3) is 6.41. The van der Waals surface area contributed by atoms with Crippen LogP contribution in [-0.2, 0) is 6.42 Å². The number of hydrogen-bond donors (Lipinski definition) is 0. The number of rotatable bonds is 8. The molecule has 3 aromatic carbocycles. The highest BCUT2D eigenvalue weighted by Gasteiger charge is 2.28. The van der Waals surface area contributed by atoms with Gasteiger partial charge >= 0.3 is 5.97 Å². The lowest BCUT2D eigenvalue weighted by atomic mass is 9.75. The topological polar surface area (TPSA) is 26.3 Å². The van der Waals surface area contributed by atoms with E-state index in [2.05, 4.69) is 19.1 Å². The Balaban J connectivity index is 1.40. The number of esters is 1. The highest BCUT2D eigenvalue weighted by molar-refractivity contribution is 5.91. The van der Waals surface area contributed by atoms with Crippen molar-refractivity contribution >= 4 is 5.97 Å². The summed E-state index contributed by atoms with van der Waals surface area (Å²) in [5, 5.41) is 0. The summed E-state index contributed by atoms with van der Waals surface area (Å²) in [5.41, 5.74) is 0.849. The second-order valence-corrected chi connectivity index (χ2v) is 10.1. The first-order chi connectivity index (χ1) is 17.8. The average molecular weight is 513 g/mol. The Bertz CT molecular complexity index is 1190. The molecule has 0 aromatic heterocycles. The van der Waals surface area contributed by atoms with Gasteiger partial charge in [-0.05, 0) is 79.5 Å². The molecule has 0 amide bonds. The van der Waals surface area contributed by atoms with Crippen molar-refractivity contribution in [2.24, 2.45) is 5.92 Å². The second-order valence-electron chi connectivity index (χ2n) is 10.1. The fraction of sp³-hybridized carbons (Fsp3) is 0.387. The second kappa shape index (κ2) is 11.9. The van der Waals surface area contributed by atoms with Gasteiger partial charge in [-0.15, -0.1) is 0 Å². The summed E-state index contributed by atoms with van der Waals surface area (Å²) in [6.07, 6.45) is 5.37. The molecule has 4 rings (SSSR count). The Hall–Kier alpha value is -3.15. The molecule has 0 aliphatic heterocycles. The summed E-state index contributed by atoms with van der Waals surface area (Å²) >= 11 is 0. The van der Waals surface area contributed by atoms with Crippen molar-refractivity contribution in [2.45, 2.75) is 70.6 Å². The van der Waals surface area contributed by atoms with E-state index in [0.717, 1.165) is 44.2 Å². The lowest BCUT2D eigenvalue weighted by Gasteiger charge is -2.30. The van der Waals surface area contributed by atoms with Crippen LogP contribution in [0.5, 0.6) is 5.75 Å². The van der Waals surface area contributed by atoms with Gasteiger partial charge in [-0.3, -0.25) is 0 Å². The third-order valence-corrected chi connectivity index (χ3v) is 7.47. The van der Waals surface area contributed by atoms with Crippen LogP contribution in [0.2, 0.25) is 0 Å². The van der Waals surface area contributed by atoms with E-state index in [1.807, 2.05) is 18.2 Å². The summed E-state index contributed by atoms with van der Waals surface area (Å²) in [5.74, 6) is -4.57. The molecule has 6 heteroatoms. The zero-order chi connectivity index (χ0) is 26.5.